The number of para-hydroxylation sites is 2. The Morgan fingerprint density at radius 3 is 1.45 bits per heavy atom. The highest BCUT2D eigenvalue weighted by atomic mass is 16.2. The Morgan fingerprint density at radius 2 is 1.00 bits per heavy atom. The van der Waals surface area contributed by atoms with E-state index in [1.807, 2.05) is 60.7 Å². The van der Waals surface area contributed by atoms with Crippen LogP contribution in [0.4, 0.5) is 0 Å². The Morgan fingerprint density at radius 1 is 0.591 bits per heavy atom. The van der Waals surface area contributed by atoms with E-state index in [4.69, 9.17) is 0 Å². The van der Waals surface area contributed by atoms with Gasteiger partial charge in [-0.2, -0.15) is 0 Å². The summed E-state index contributed by atoms with van der Waals surface area (Å²) in [6, 6.07) is 18.6. The fourth-order valence-corrected chi connectivity index (χ4v) is 2.73. The van der Waals surface area contributed by atoms with E-state index in [-0.39, 0.29) is 0 Å². The summed E-state index contributed by atoms with van der Waals surface area (Å²) >= 11 is 0. The molecule has 0 radical (unpaired) electrons. The minimum absolute atomic E-state index is 0.567. The molecule has 0 aliphatic rings. The lowest BCUT2D eigenvalue weighted by atomic mass is 10.2. The van der Waals surface area contributed by atoms with Crippen molar-refractivity contribution in [1.29, 1.82) is 0 Å². The van der Waals surface area contributed by atoms with Gasteiger partial charge in [0, 0.05) is 23.2 Å². The highest BCUT2D eigenvalue weighted by molar-refractivity contribution is 6.39. The van der Waals surface area contributed by atoms with E-state index in [2.05, 4.69) is 0 Å². The summed E-state index contributed by atoms with van der Waals surface area (Å²) in [4.78, 5) is 25.1. The van der Waals surface area contributed by atoms with Gasteiger partial charge in [-0.3, -0.25) is 18.7 Å². The van der Waals surface area contributed by atoms with Crippen LogP contribution in [-0.2, 0) is 0 Å². The first-order valence-corrected chi connectivity index (χ1v) is 6.97. The summed E-state index contributed by atoms with van der Waals surface area (Å²) in [7, 11) is 0. The standard InChI is InChI=1S/C18H12N2O2/c21-17(19-11-9-13-5-1-3-7-15(13)19)18(22)20-12-10-14-6-2-4-8-16(14)20/h1-12H. The average Bonchev–Trinajstić information content (AvgIpc) is 3.17. The van der Waals surface area contributed by atoms with Gasteiger partial charge in [0.1, 0.15) is 0 Å². The van der Waals surface area contributed by atoms with Gasteiger partial charge in [-0.15, -0.1) is 0 Å². The summed E-state index contributed by atoms with van der Waals surface area (Å²) in [5, 5.41) is 1.86. The molecule has 0 amide bonds. The van der Waals surface area contributed by atoms with Crippen LogP contribution in [-0.4, -0.2) is 20.9 Å². The summed E-state index contributed by atoms with van der Waals surface area (Å²) < 4.78 is 2.79. The van der Waals surface area contributed by atoms with Gasteiger partial charge in [-0.25, -0.2) is 0 Å². The van der Waals surface area contributed by atoms with Gasteiger partial charge in [0.2, 0.25) is 0 Å². The molecule has 4 nitrogen and oxygen atoms in total. The third kappa shape index (κ3) is 1.78. The molecule has 4 aromatic rings. The molecule has 0 atom stereocenters. The molecule has 0 fully saturated rings. The number of carbonyl (C=O) groups is 2. The van der Waals surface area contributed by atoms with Crippen molar-refractivity contribution in [2.24, 2.45) is 0 Å². The molecule has 0 aliphatic heterocycles. The van der Waals surface area contributed by atoms with Gasteiger partial charge in [0.05, 0.1) is 11.0 Å². The highest BCUT2D eigenvalue weighted by Crippen LogP contribution is 2.18. The Kier molecular flexibility index (Phi) is 2.69. The topological polar surface area (TPSA) is 44.0 Å². The molecule has 2 aromatic heterocycles. The van der Waals surface area contributed by atoms with Crippen LogP contribution >= 0.6 is 0 Å². The van der Waals surface area contributed by atoms with E-state index in [0.29, 0.717) is 0 Å². The maximum Gasteiger partial charge on any atom is 0.321 e. The molecular formula is C18H12N2O2. The monoisotopic (exact) mass is 288 g/mol. The van der Waals surface area contributed by atoms with Gasteiger partial charge in [-0.1, -0.05) is 36.4 Å². The smallest absolute Gasteiger partial charge is 0.279 e. The van der Waals surface area contributed by atoms with Gasteiger partial charge in [0.15, 0.2) is 0 Å². The summed E-state index contributed by atoms with van der Waals surface area (Å²) in [5.41, 5.74) is 1.47. The molecule has 2 aromatic carbocycles. The Bertz CT molecular complexity index is 940. The fraction of sp³-hybridized carbons (Fsp3) is 0. The molecule has 0 aliphatic carbocycles. The van der Waals surface area contributed by atoms with E-state index in [1.165, 1.54) is 9.13 Å². The number of carbonyl (C=O) groups excluding carboxylic acids is 2. The molecule has 0 spiro atoms. The van der Waals surface area contributed by atoms with Crippen LogP contribution in [0.2, 0.25) is 0 Å². The van der Waals surface area contributed by atoms with Gasteiger partial charge >= 0.3 is 11.8 Å². The maximum absolute atomic E-state index is 12.6. The normalized spacial score (nSPS) is 11.1. The first kappa shape index (κ1) is 12.6. The summed E-state index contributed by atoms with van der Waals surface area (Å²) in [5.74, 6) is -1.13. The quantitative estimate of drug-likeness (QED) is 0.464. The minimum Gasteiger partial charge on any atom is -0.279 e. The molecule has 22 heavy (non-hydrogen) atoms. The van der Waals surface area contributed by atoms with E-state index in [1.54, 1.807) is 12.4 Å². The SMILES string of the molecule is O=C(C(=O)n1ccc2ccccc21)n1ccc2ccccc21. The van der Waals surface area contributed by atoms with Crippen molar-refractivity contribution in [3.63, 3.8) is 0 Å². The van der Waals surface area contributed by atoms with E-state index < -0.39 is 11.8 Å². The molecule has 0 saturated carbocycles. The third-order valence-electron chi connectivity index (χ3n) is 3.82. The van der Waals surface area contributed by atoms with Gasteiger partial charge in [0.25, 0.3) is 0 Å². The first-order chi connectivity index (χ1) is 10.8. The molecular weight excluding hydrogens is 276 g/mol. The zero-order chi connectivity index (χ0) is 15.1. The van der Waals surface area contributed by atoms with Crippen LogP contribution in [0, 0.1) is 0 Å². The molecule has 0 N–H and O–H groups in total. The number of fused-ring (bicyclic) bond motifs is 2. The first-order valence-electron chi connectivity index (χ1n) is 6.97. The largest absolute Gasteiger partial charge is 0.321 e. The van der Waals surface area contributed by atoms with Crippen LogP contribution in [0.25, 0.3) is 21.8 Å². The minimum atomic E-state index is -0.567. The molecule has 0 bridgehead atoms. The van der Waals surface area contributed by atoms with Crippen LogP contribution in [0.1, 0.15) is 9.59 Å². The summed E-state index contributed by atoms with van der Waals surface area (Å²) in [6.45, 7) is 0. The second kappa shape index (κ2) is 4.70. The predicted octanol–water partition coefficient (Wildman–Crippen LogP) is 3.58. The Labute approximate surface area is 126 Å². The molecule has 4 rings (SSSR count). The predicted molar refractivity (Wildman–Crippen MR) is 85.1 cm³/mol. The van der Waals surface area contributed by atoms with Crippen molar-refractivity contribution in [2.45, 2.75) is 0 Å². The number of rotatable bonds is 0. The lowest BCUT2D eigenvalue weighted by molar-refractivity contribution is 0.0722. The van der Waals surface area contributed by atoms with E-state index >= 15 is 0 Å². The lowest BCUT2D eigenvalue weighted by Gasteiger charge is -2.05. The maximum atomic E-state index is 12.6. The Hall–Kier alpha value is -3.14. The molecule has 106 valence electrons. The second-order valence-electron chi connectivity index (χ2n) is 5.10. The molecule has 4 heteroatoms. The number of aromatic nitrogens is 2. The third-order valence-corrected chi connectivity index (χ3v) is 3.82. The second-order valence-corrected chi connectivity index (χ2v) is 5.10. The highest BCUT2D eigenvalue weighted by Gasteiger charge is 2.20. The average molecular weight is 288 g/mol. The van der Waals surface area contributed by atoms with Crippen molar-refractivity contribution in [3.8, 4) is 0 Å². The molecule has 0 unspecified atom stereocenters. The van der Waals surface area contributed by atoms with E-state index in [0.717, 1.165) is 21.8 Å². The molecule has 0 saturated heterocycles. The molecule has 2 heterocycles. The zero-order valence-corrected chi connectivity index (χ0v) is 11.6. The Balaban J connectivity index is 1.81. The number of hydrogen-bond donors (Lipinski definition) is 0. The fourth-order valence-electron chi connectivity index (χ4n) is 2.73. The van der Waals surface area contributed by atoms with Crippen molar-refractivity contribution in [2.75, 3.05) is 0 Å². The van der Waals surface area contributed by atoms with Crippen LogP contribution in [0.3, 0.4) is 0 Å². The van der Waals surface area contributed by atoms with Crippen molar-refractivity contribution in [3.05, 3.63) is 73.1 Å². The van der Waals surface area contributed by atoms with Crippen LogP contribution in [0.15, 0.2) is 73.1 Å². The lowest BCUT2D eigenvalue weighted by Crippen LogP contribution is -2.26. The number of nitrogens with zero attached hydrogens (tertiary/aromatic N) is 2. The van der Waals surface area contributed by atoms with Crippen molar-refractivity contribution in [1.82, 2.24) is 9.13 Å². The summed E-state index contributed by atoms with van der Waals surface area (Å²) in [6.07, 6.45) is 3.27. The van der Waals surface area contributed by atoms with Gasteiger partial charge < -0.3 is 0 Å². The zero-order valence-electron chi connectivity index (χ0n) is 11.6. The van der Waals surface area contributed by atoms with Crippen molar-refractivity contribution >= 4 is 33.6 Å². The number of hydrogen-bond acceptors (Lipinski definition) is 2. The number of benzene rings is 2. The van der Waals surface area contributed by atoms with Crippen LogP contribution in [0.5, 0.6) is 0 Å². The van der Waals surface area contributed by atoms with E-state index in [9.17, 15) is 9.59 Å². The van der Waals surface area contributed by atoms with Gasteiger partial charge in [-0.05, 0) is 24.3 Å². The van der Waals surface area contributed by atoms with Crippen LogP contribution < -0.4 is 0 Å². The van der Waals surface area contributed by atoms with Crippen molar-refractivity contribution < 1.29 is 9.59 Å².